The molecule has 4 rings (SSSR count). The minimum Gasteiger partial charge on any atom is -0.385 e. The van der Waals surface area contributed by atoms with Crippen molar-refractivity contribution in [1.29, 1.82) is 0 Å². The fourth-order valence-corrected chi connectivity index (χ4v) is 5.44. The van der Waals surface area contributed by atoms with E-state index >= 15 is 0 Å². The van der Waals surface area contributed by atoms with Gasteiger partial charge >= 0.3 is 0 Å². The number of amides is 2. The van der Waals surface area contributed by atoms with Crippen molar-refractivity contribution in [2.45, 2.75) is 71.8 Å². The Morgan fingerprint density at radius 3 is 2.40 bits per heavy atom. The number of hydrogen-bond donors (Lipinski definition) is 1. The van der Waals surface area contributed by atoms with Gasteiger partial charge in [-0.2, -0.15) is 0 Å². The molecule has 2 aliphatic rings. The Balaban J connectivity index is 1.37. The lowest BCUT2D eigenvalue weighted by molar-refractivity contribution is 0.0338. The van der Waals surface area contributed by atoms with E-state index in [1.807, 2.05) is 18.2 Å². The molecule has 1 aliphatic heterocycles. The molecule has 0 saturated carbocycles. The maximum absolute atomic E-state index is 12.6. The third-order valence-corrected chi connectivity index (χ3v) is 7.68. The number of imide groups is 1. The van der Waals surface area contributed by atoms with Crippen LogP contribution in [-0.4, -0.2) is 28.4 Å². The molecule has 2 amide bonds. The maximum Gasteiger partial charge on any atom is 0.261 e. The molecule has 4 heteroatoms. The summed E-state index contributed by atoms with van der Waals surface area (Å²) in [5.41, 5.74) is 4.95. The zero-order valence-corrected chi connectivity index (χ0v) is 21.4. The van der Waals surface area contributed by atoms with Crippen LogP contribution >= 0.6 is 0 Å². The summed E-state index contributed by atoms with van der Waals surface area (Å²) in [6.07, 6.45) is 10.4. The third kappa shape index (κ3) is 5.33. The molecule has 35 heavy (non-hydrogen) atoms. The molecule has 1 heterocycles. The smallest absolute Gasteiger partial charge is 0.261 e. The second-order valence-corrected chi connectivity index (χ2v) is 10.9. The molecule has 2 aromatic rings. The quantitative estimate of drug-likeness (QED) is 0.442. The van der Waals surface area contributed by atoms with Gasteiger partial charge in [-0.15, -0.1) is 0 Å². The van der Waals surface area contributed by atoms with E-state index in [-0.39, 0.29) is 30.2 Å². The first-order chi connectivity index (χ1) is 16.6. The van der Waals surface area contributed by atoms with E-state index in [1.54, 1.807) is 31.2 Å². The first kappa shape index (κ1) is 25.1. The molecule has 1 aliphatic carbocycles. The highest BCUT2D eigenvalue weighted by Crippen LogP contribution is 2.40. The van der Waals surface area contributed by atoms with Crippen LogP contribution in [0.5, 0.6) is 0 Å². The SMILES string of the molecule is CC1=C(/C=C/CCc2cccc(C(C)(O)CCN3C(=O)c4ccccc4C3=O)c2)C(C)(C)CCC1. The molecule has 0 saturated heterocycles. The standard InChI is InChI=1S/C31H37NO3/c1-22-11-10-18-30(2,3)27(22)17-8-5-12-23-13-9-14-24(21-23)31(4,35)19-20-32-28(33)25-15-6-7-16-26(25)29(32)34/h6-9,13-17,21,35H,5,10-12,18-20H2,1-4H3/b17-8+. The average Bonchev–Trinajstić information content (AvgIpc) is 3.06. The van der Waals surface area contributed by atoms with E-state index in [1.165, 1.54) is 40.9 Å². The first-order valence-corrected chi connectivity index (χ1v) is 12.7. The number of aryl methyl sites for hydroxylation is 1. The normalized spacial score (nSPS) is 19.4. The number of carbonyl (C=O) groups is 2. The van der Waals surface area contributed by atoms with Crippen LogP contribution in [-0.2, 0) is 12.0 Å². The molecule has 1 atom stereocenters. The van der Waals surface area contributed by atoms with Crippen LogP contribution in [0.3, 0.4) is 0 Å². The van der Waals surface area contributed by atoms with Gasteiger partial charge in [-0.3, -0.25) is 14.5 Å². The number of fused-ring (bicyclic) bond motifs is 1. The molecule has 0 bridgehead atoms. The summed E-state index contributed by atoms with van der Waals surface area (Å²) in [5, 5.41) is 11.2. The highest BCUT2D eigenvalue weighted by atomic mass is 16.3. The lowest BCUT2D eigenvalue weighted by atomic mass is 9.72. The van der Waals surface area contributed by atoms with Crippen molar-refractivity contribution in [1.82, 2.24) is 4.90 Å². The maximum atomic E-state index is 12.6. The van der Waals surface area contributed by atoms with Gasteiger partial charge in [0.25, 0.3) is 11.8 Å². The van der Waals surface area contributed by atoms with Gasteiger partial charge < -0.3 is 5.11 Å². The molecule has 1 N–H and O–H groups in total. The van der Waals surface area contributed by atoms with E-state index in [0.29, 0.717) is 11.1 Å². The van der Waals surface area contributed by atoms with Gasteiger partial charge in [0, 0.05) is 6.54 Å². The second-order valence-electron chi connectivity index (χ2n) is 10.9. The van der Waals surface area contributed by atoms with Gasteiger partial charge in [-0.1, -0.05) is 68.0 Å². The summed E-state index contributed by atoms with van der Waals surface area (Å²) in [4.78, 5) is 26.5. The summed E-state index contributed by atoms with van der Waals surface area (Å²) in [7, 11) is 0. The van der Waals surface area contributed by atoms with Gasteiger partial charge in [0.1, 0.15) is 0 Å². The predicted molar refractivity (Wildman–Crippen MR) is 140 cm³/mol. The monoisotopic (exact) mass is 471 g/mol. The fourth-order valence-electron chi connectivity index (χ4n) is 5.44. The van der Waals surface area contributed by atoms with E-state index in [4.69, 9.17) is 0 Å². The van der Waals surface area contributed by atoms with Gasteiger partial charge in [0.15, 0.2) is 0 Å². The molecule has 2 aromatic carbocycles. The topological polar surface area (TPSA) is 57.6 Å². The third-order valence-electron chi connectivity index (χ3n) is 7.68. The fraction of sp³-hybridized carbons (Fsp3) is 0.419. The lowest BCUT2D eigenvalue weighted by Crippen LogP contribution is -2.35. The van der Waals surface area contributed by atoms with E-state index in [0.717, 1.165) is 18.4 Å². The summed E-state index contributed by atoms with van der Waals surface area (Å²) in [6, 6.07) is 14.9. The number of aliphatic hydroxyl groups is 1. The van der Waals surface area contributed by atoms with Gasteiger partial charge in [0.05, 0.1) is 16.7 Å². The number of hydrogen-bond acceptors (Lipinski definition) is 3. The van der Waals surface area contributed by atoms with E-state index in [2.05, 4.69) is 39.0 Å². The Kier molecular flexibility index (Phi) is 7.14. The second kappa shape index (κ2) is 9.94. The number of rotatable bonds is 8. The van der Waals surface area contributed by atoms with Crippen LogP contribution < -0.4 is 0 Å². The largest absolute Gasteiger partial charge is 0.385 e. The van der Waals surface area contributed by atoms with Crippen molar-refractivity contribution in [3.8, 4) is 0 Å². The van der Waals surface area contributed by atoms with Gasteiger partial charge in [-0.05, 0) is 86.6 Å². The van der Waals surface area contributed by atoms with Crippen molar-refractivity contribution >= 4 is 11.8 Å². The Hall–Kier alpha value is -2.98. The van der Waals surface area contributed by atoms with Crippen LogP contribution in [0.15, 0.2) is 71.8 Å². The van der Waals surface area contributed by atoms with Crippen molar-refractivity contribution in [2.75, 3.05) is 6.54 Å². The molecule has 0 radical (unpaired) electrons. The molecule has 0 spiro atoms. The number of benzene rings is 2. The van der Waals surface area contributed by atoms with Crippen molar-refractivity contribution in [2.24, 2.45) is 5.41 Å². The minimum atomic E-state index is -1.14. The Morgan fingerprint density at radius 2 is 1.74 bits per heavy atom. The Bertz CT molecular complexity index is 1150. The number of carbonyl (C=O) groups excluding carboxylic acids is 2. The first-order valence-electron chi connectivity index (χ1n) is 12.7. The molecule has 4 nitrogen and oxygen atoms in total. The van der Waals surface area contributed by atoms with Crippen LogP contribution in [0.1, 0.15) is 91.6 Å². The van der Waals surface area contributed by atoms with Crippen LogP contribution in [0.4, 0.5) is 0 Å². The van der Waals surface area contributed by atoms with Crippen molar-refractivity contribution in [3.63, 3.8) is 0 Å². The number of nitrogens with zero attached hydrogens (tertiary/aromatic N) is 1. The highest BCUT2D eigenvalue weighted by Gasteiger charge is 2.36. The van der Waals surface area contributed by atoms with Gasteiger partial charge in [0.2, 0.25) is 0 Å². The summed E-state index contributed by atoms with van der Waals surface area (Å²) in [5.74, 6) is -0.568. The molecular formula is C31H37NO3. The predicted octanol–water partition coefficient (Wildman–Crippen LogP) is 6.60. The molecular weight excluding hydrogens is 434 g/mol. The molecule has 0 aromatic heterocycles. The van der Waals surface area contributed by atoms with E-state index in [9.17, 15) is 14.7 Å². The van der Waals surface area contributed by atoms with Gasteiger partial charge in [-0.25, -0.2) is 0 Å². The lowest BCUT2D eigenvalue weighted by Gasteiger charge is -2.32. The molecule has 1 unspecified atom stereocenters. The van der Waals surface area contributed by atoms with Crippen LogP contribution in [0, 0.1) is 5.41 Å². The average molecular weight is 472 g/mol. The highest BCUT2D eigenvalue weighted by molar-refractivity contribution is 6.21. The summed E-state index contributed by atoms with van der Waals surface area (Å²) >= 11 is 0. The molecule has 184 valence electrons. The van der Waals surface area contributed by atoms with Crippen molar-refractivity contribution in [3.05, 3.63) is 94.1 Å². The van der Waals surface area contributed by atoms with E-state index < -0.39 is 5.60 Å². The minimum absolute atomic E-state index is 0.177. The molecule has 0 fully saturated rings. The van der Waals surface area contributed by atoms with Crippen molar-refractivity contribution < 1.29 is 14.7 Å². The van der Waals surface area contributed by atoms with Crippen LogP contribution in [0.25, 0.3) is 0 Å². The Morgan fingerprint density at radius 1 is 1.06 bits per heavy atom. The zero-order chi connectivity index (χ0) is 25.2. The number of allylic oxidation sites excluding steroid dienone is 4. The summed E-state index contributed by atoms with van der Waals surface area (Å²) in [6.45, 7) is 8.86. The van der Waals surface area contributed by atoms with Crippen LogP contribution in [0.2, 0.25) is 0 Å². The zero-order valence-electron chi connectivity index (χ0n) is 21.4. The summed E-state index contributed by atoms with van der Waals surface area (Å²) < 4.78 is 0. The Labute approximate surface area is 209 Å².